The Morgan fingerprint density at radius 3 is 1.63 bits per heavy atom. The first-order chi connectivity index (χ1) is 24.0. The molecule has 0 spiro atoms. The van der Waals surface area contributed by atoms with E-state index in [0.717, 1.165) is 16.7 Å². The fourth-order valence-corrected chi connectivity index (χ4v) is 7.98. The molecule has 0 atom stereocenters. The van der Waals surface area contributed by atoms with E-state index in [9.17, 15) is 0 Å². The van der Waals surface area contributed by atoms with Crippen LogP contribution in [0.1, 0.15) is 25.0 Å². The predicted octanol–water partition coefficient (Wildman–Crippen LogP) is 11.8. The molecule has 10 rings (SSSR count). The summed E-state index contributed by atoms with van der Waals surface area (Å²) < 4.78 is 0. The average molecular weight is 626 g/mol. The van der Waals surface area contributed by atoms with Crippen molar-refractivity contribution >= 4 is 43.1 Å². The van der Waals surface area contributed by atoms with Crippen LogP contribution in [0, 0.1) is 0 Å². The standard InChI is InChI=1S/C46H31N3/c1-46(2)41-15-9-8-14-38(41)40-27-32(20-25-42(40)46)45-48-43(30-11-4-3-5-12-30)47-44(49-45)31-17-16-29-19-22-36-35-21-18-28-10-6-7-13-33(28)34(35)23-24-37(36)39(29)26-31/h3-27H,1-2H3. The van der Waals surface area contributed by atoms with E-state index in [1.807, 2.05) is 18.2 Å². The van der Waals surface area contributed by atoms with Crippen LogP contribution >= 0.6 is 0 Å². The van der Waals surface area contributed by atoms with Crippen molar-refractivity contribution in [1.82, 2.24) is 15.0 Å². The van der Waals surface area contributed by atoms with Crippen LogP contribution in [-0.2, 0) is 5.41 Å². The Bertz CT molecular complexity index is 2800. The zero-order valence-electron chi connectivity index (χ0n) is 27.3. The second-order valence-corrected chi connectivity index (χ2v) is 13.6. The molecular weight excluding hydrogens is 595 g/mol. The lowest BCUT2D eigenvalue weighted by Crippen LogP contribution is -2.14. The summed E-state index contributed by atoms with van der Waals surface area (Å²) in [5.74, 6) is 2.00. The van der Waals surface area contributed by atoms with Gasteiger partial charge in [0.1, 0.15) is 0 Å². The molecule has 1 aromatic heterocycles. The molecule has 8 aromatic carbocycles. The minimum absolute atomic E-state index is 0.0593. The van der Waals surface area contributed by atoms with Gasteiger partial charge >= 0.3 is 0 Å². The van der Waals surface area contributed by atoms with Gasteiger partial charge in [0.15, 0.2) is 17.5 Å². The van der Waals surface area contributed by atoms with Gasteiger partial charge in [-0.25, -0.2) is 15.0 Å². The topological polar surface area (TPSA) is 38.7 Å². The fraction of sp³-hybridized carbons (Fsp3) is 0.0652. The predicted molar refractivity (Wildman–Crippen MR) is 204 cm³/mol. The lowest BCUT2D eigenvalue weighted by Gasteiger charge is -2.21. The molecule has 0 N–H and O–H groups in total. The lowest BCUT2D eigenvalue weighted by atomic mass is 9.82. The number of rotatable bonds is 3. The summed E-state index contributed by atoms with van der Waals surface area (Å²) in [4.78, 5) is 15.3. The van der Waals surface area contributed by atoms with E-state index < -0.39 is 0 Å². The molecule has 49 heavy (non-hydrogen) atoms. The molecule has 0 amide bonds. The van der Waals surface area contributed by atoms with E-state index in [2.05, 4.69) is 147 Å². The van der Waals surface area contributed by atoms with Gasteiger partial charge in [0.05, 0.1) is 0 Å². The van der Waals surface area contributed by atoms with Gasteiger partial charge in [-0.05, 0) is 77.5 Å². The maximum absolute atomic E-state index is 5.17. The smallest absolute Gasteiger partial charge is 0.164 e. The first kappa shape index (κ1) is 27.9. The normalized spacial score (nSPS) is 13.3. The Labute approximate surface area is 284 Å². The number of fused-ring (bicyclic) bond motifs is 10. The molecule has 230 valence electrons. The van der Waals surface area contributed by atoms with Gasteiger partial charge in [-0.1, -0.05) is 153 Å². The molecule has 1 heterocycles. The van der Waals surface area contributed by atoms with Crippen molar-refractivity contribution in [1.29, 1.82) is 0 Å². The van der Waals surface area contributed by atoms with Crippen LogP contribution < -0.4 is 0 Å². The summed E-state index contributed by atoms with van der Waals surface area (Å²) in [5.41, 5.74) is 8.07. The molecule has 9 aromatic rings. The Morgan fingerprint density at radius 2 is 0.857 bits per heavy atom. The van der Waals surface area contributed by atoms with E-state index >= 15 is 0 Å². The second kappa shape index (κ2) is 10.4. The van der Waals surface area contributed by atoms with Gasteiger partial charge in [0.25, 0.3) is 0 Å². The molecule has 0 fully saturated rings. The quantitative estimate of drug-likeness (QED) is 0.183. The molecule has 1 aliphatic rings. The van der Waals surface area contributed by atoms with Crippen molar-refractivity contribution in [2.75, 3.05) is 0 Å². The number of benzene rings is 8. The van der Waals surface area contributed by atoms with Crippen molar-refractivity contribution in [3.8, 4) is 45.3 Å². The highest BCUT2D eigenvalue weighted by molar-refractivity contribution is 6.22. The molecule has 0 aliphatic heterocycles. The highest BCUT2D eigenvalue weighted by Gasteiger charge is 2.35. The molecule has 0 bridgehead atoms. The molecule has 3 heteroatoms. The molecule has 0 saturated carbocycles. The zero-order valence-corrected chi connectivity index (χ0v) is 27.3. The maximum Gasteiger partial charge on any atom is 0.164 e. The fourth-order valence-electron chi connectivity index (χ4n) is 7.98. The average Bonchev–Trinajstić information content (AvgIpc) is 3.39. The molecule has 0 radical (unpaired) electrons. The van der Waals surface area contributed by atoms with Gasteiger partial charge in [-0.2, -0.15) is 0 Å². The molecule has 0 saturated heterocycles. The van der Waals surface area contributed by atoms with Crippen molar-refractivity contribution in [3.05, 3.63) is 163 Å². The van der Waals surface area contributed by atoms with E-state index in [1.165, 1.54) is 65.3 Å². The Morgan fingerprint density at radius 1 is 0.347 bits per heavy atom. The molecule has 3 nitrogen and oxygen atoms in total. The Kier molecular flexibility index (Phi) is 5.92. The Hall–Kier alpha value is -6.19. The third-order valence-corrected chi connectivity index (χ3v) is 10.5. The van der Waals surface area contributed by atoms with E-state index in [0.29, 0.717) is 17.5 Å². The summed E-state index contributed by atoms with van der Waals surface area (Å²) in [5, 5.41) is 9.91. The van der Waals surface area contributed by atoms with Crippen LogP contribution in [0.2, 0.25) is 0 Å². The van der Waals surface area contributed by atoms with Crippen LogP contribution in [0.5, 0.6) is 0 Å². The maximum atomic E-state index is 5.17. The summed E-state index contributed by atoms with van der Waals surface area (Å²) in [6.07, 6.45) is 0. The lowest BCUT2D eigenvalue weighted by molar-refractivity contribution is 0.660. The largest absolute Gasteiger partial charge is 0.208 e. The van der Waals surface area contributed by atoms with Crippen LogP contribution in [0.4, 0.5) is 0 Å². The summed E-state index contributed by atoms with van der Waals surface area (Å²) in [6.45, 7) is 4.61. The summed E-state index contributed by atoms with van der Waals surface area (Å²) in [6, 6.07) is 54.3. The minimum atomic E-state index is -0.0593. The van der Waals surface area contributed by atoms with Crippen LogP contribution in [-0.4, -0.2) is 15.0 Å². The minimum Gasteiger partial charge on any atom is -0.208 e. The third kappa shape index (κ3) is 4.25. The van der Waals surface area contributed by atoms with Crippen LogP contribution in [0.15, 0.2) is 152 Å². The van der Waals surface area contributed by atoms with Gasteiger partial charge in [-0.15, -0.1) is 0 Å². The molecule has 1 aliphatic carbocycles. The highest BCUT2D eigenvalue weighted by Crippen LogP contribution is 2.49. The number of nitrogens with zero attached hydrogens (tertiary/aromatic N) is 3. The van der Waals surface area contributed by atoms with Gasteiger partial charge in [0, 0.05) is 22.1 Å². The highest BCUT2D eigenvalue weighted by atomic mass is 15.0. The van der Waals surface area contributed by atoms with Crippen LogP contribution in [0.25, 0.3) is 88.4 Å². The van der Waals surface area contributed by atoms with Gasteiger partial charge < -0.3 is 0 Å². The monoisotopic (exact) mass is 625 g/mol. The van der Waals surface area contributed by atoms with Crippen LogP contribution in [0.3, 0.4) is 0 Å². The van der Waals surface area contributed by atoms with Gasteiger partial charge in [-0.3, -0.25) is 0 Å². The second-order valence-electron chi connectivity index (χ2n) is 13.6. The number of hydrogen-bond acceptors (Lipinski definition) is 3. The van der Waals surface area contributed by atoms with Crippen molar-refractivity contribution in [3.63, 3.8) is 0 Å². The van der Waals surface area contributed by atoms with E-state index in [4.69, 9.17) is 15.0 Å². The Balaban J connectivity index is 1.17. The van der Waals surface area contributed by atoms with Crippen molar-refractivity contribution in [2.45, 2.75) is 19.3 Å². The first-order valence-electron chi connectivity index (χ1n) is 16.9. The van der Waals surface area contributed by atoms with E-state index in [-0.39, 0.29) is 5.41 Å². The SMILES string of the molecule is CC1(C)c2ccccc2-c2cc(-c3nc(-c4ccccc4)nc(-c4ccc5ccc6c(ccc7c8ccccc8ccc76)c5c4)n3)ccc21. The number of aromatic nitrogens is 3. The van der Waals surface area contributed by atoms with Crippen molar-refractivity contribution in [2.24, 2.45) is 0 Å². The third-order valence-electron chi connectivity index (χ3n) is 10.5. The first-order valence-corrected chi connectivity index (χ1v) is 16.9. The number of hydrogen-bond donors (Lipinski definition) is 0. The summed E-state index contributed by atoms with van der Waals surface area (Å²) in [7, 11) is 0. The zero-order chi connectivity index (χ0) is 32.7. The molecule has 0 unspecified atom stereocenters. The molecular formula is C46H31N3. The van der Waals surface area contributed by atoms with E-state index in [1.54, 1.807) is 0 Å². The summed E-state index contributed by atoms with van der Waals surface area (Å²) >= 11 is 0. The van der Waals surface area contributed by atoms with Crippen molar-refractivity contribution < 1.29 is 0 Å². The van der Waals surface area contributed by atoms with Gasteiger partial charge in [0.2, 0.25) is 0 Å².